The molecule has 3 rings (SSSR count). The van der Waals surface area contributed by atoms with Gasteiger partial charge in [0, 0.05) is 22.7 Å². The molecule has 31 heavy (non-hydrogen) atoms. The van der Waals surface area contributed by atoms with Crippen molar-refractivity contribution in [2.24, 2.45) is 0 Å². The van der Waals surface area contributed by atoms with E-state index in [0.717, 1.165) is 6.07 Å². The Labute approximate surface area is 177 Å². The summed E-state index contributed by atoms with van der Waals surface area (Å²) >= 11 is 0. The van der Waals surface area contributed by atoms with Gasteiger partial charge in [0.15, 0.2) is 5.82 Å². The van der Waals surface area contributed by atoms with E-state index in [0.29, 0.717) is 17.2 Å². The van der Waals surface area contributed by atoms with Crippen molar-refractivity contribution in [2.45, 2.75) is 39.0 Å². The topological polar surface area (TPSA) is 76.4 Å². The minimum absolute atomic E-state index is 0.0406. The number of aromatic nitrogens is 1. The Morgan fingerprint density at radius 3 is 2.32 bits per heavy atom. The third-order valence-electron chi connectivity index (χ3n) is 4.32. The lowest BCUT2D eigenvalue weighted by Crippen LogP contribution is -2.19. The molecule has 0 fully saturated rings. The first kappa shape index (κ1) is 22.2. The summed E-state index contributed by atoms with van der Waals surface area (Å²) in [6, 6.07) is 12.7. The second-order valence-electron chi connectivity index (χ2n) is 7.87. The van der Waals surface area contributed by atoms with Crippen LogP contribution in [0.15, 0.2) is 59.1 Å². The zero-order valence-corrected chi connectivity index (χ0v) is 17.2. The van der Waals surface area contributed by atoms with Crippen LogP contribution in [0.5, 0.6) is 5.75 Å². The average Bonchev–Trinajstić information content (AvgIpc) is 3.16. The largest absolute Gasteiger partial charge is 0.489 e. The highest BCUT2D eigenvalue weighted by Gasteiger charge is 2.33. The van der Waals surface area contributed by atoms with Crippen molar-refractivity contribution in [3.8, 4) is 5.75 Å². The van der Waals surface area contributed by atoms with Crippen molar-refractivity contribution < 1.29 is 27.2 Å². The van der Waals surface area contributed by atoms with E-state index in [1.54, 1.807) is 30.3 Å². The highest BCUT2D eigenvalue weighted by molar-refractivity contribution is 5.99. The molecule has 1 heterocycles. The zero-order chi connectivity index (χ0) is 22.6. The Hall–Kier alpha value is -3.49. The number of hydrogen-bond acceptors (Lipinski definition) is 4. The Morgan fingerprint density at radius 1 is 1.03 bits per heavy atom. The molecule has 0 unspecified atom stereocenters. The molecule has 0 aliphatic carbocycles. The van der Waals surface area contributed by atoms with Crippen LogP contribution < -0.4 is 15.4 Å². The fraction of sp³-hybridized carbons (Fsp3) is 0.273. The highest BCUT2D eigenvalue weighted by atomic mass is 19.4. The molecule has 3 aromatic rings. The molecule has 1 aromatic heterocycles. The number of ether oxygens (including phenoxy) is 1. The molecule has 2 aromatic carbocycles. The summed E-state index contributed by atoms with van der Waals surface area (Å²) < 4.78 is 49.8. The van der Waals surface area contributed by atoms with E-state index in [9.17, 15) is 18.0 Å². The number of amides is 2. The molecule has 9 heteroatoms. The van der Waals surface area contributed by atoms with Gasteiger partial charge in [0.25, 0.3) is 0 Å². The molecular weight excluding hydrogens is 411 g/mol. The minimum atomic E-state index is -4.45. The summed E-state index contributed by atoms with van der Waals surface area (Å²) in [6.45, 7) is 5.65. The molecule has 2 amide bonds. The van der Waals surface area contributed by atoms with E-state index in [2.05, 4.69) is 15.8 Å². The summed E-state index contributed by atoms with van der Waals surface area (Å²) in [5.41, 5.74) is -0.453. The number of hydrogen-bond donors (Lipinski definition) is 2. The fourth-order valence-corrected chi connectivity index (χ4v) is 2.68. The lowest BCUT2D eigenvalue weighted by atomic mass is 9.93. The first-order valence-electron chi connectivity index (χ1n) is 9.45. The van der Waals surface area contributed by atoms with Crippen molar-refractivity contribution in [1.82, 2.24) is 5.16 Å². The minimum Gasteiger partial charge on any atom is -0.489 e. The molecule has 0 saturated heterocycles. The van der Waals surface area contributed by atoms with Gasteiger partial charge < -0.3 is 14.6 Å². The van der Waals surface area contributed by atoms with Gasteiger partial charge in [0.05, 0.1) is 5.56 Å². The highest BCUT2D eigenvalue weighted by Crippen LogP contribution is 2.32. The van der Waals surface area contributed by atoms with Crippen LogP contribution in [0.25, 0.3) is 0 Å². The van der Waals surface area contributed by atoms with E-state index >= 15 is 0 Å². The summed E-state index contributed by atoms with van der Waals surface area (Å²) in [7, 11) is 0. The molecule has 164 valence electrons. The number of urea groups is 1. The Balaban J connectivity index is 1.56. The van der Waals surface area contributed by atoms with E-state index in [4.69, 9.17) is 9.26 Å². The molecule has 0 bridgehead atoms. The second-order valence-corrected chi connectivity index (χ2v) is 7.87. The molecule has 0 aliphatic heterocycles. The third kappa shape index (κ3) is 6.00. The van der Waals surface area contributed by atoms with Gasteiger partial charge >= 0.3 is 12.2 Å². The van der Waals surface area contributed by atoms with E-state index in [1.165, 1.54) is 18.2 Å². The van der Waals surface area contributed by atoms with Crippen LogP contribution in [0.4, 0.5) is 29.5 Å². The zero-order valence-electron chi connectivity index (χ0n) is 17.2. The van der Waals surface area contributed by atoms with Crippen LogP contribution in [0.2, 0.25) is 0 Å². The maximum absolute atomic E-state index is 13.1. The molecule has 0 atom stereocenters. The Morgan fingerprint density at radius 2 is 1.71 bits per heavy atom. The predicted molar refractivity (Wildman–Crippen MR) is 110 cm³/mol. The van der Waals surface area contributed by atoms with Gasteiger partial charge in [-0.05, 0) is 30.3 Å². The van der Waals surface area contributed by atoms with E-state index in [1.807, 2.05) is 20.8 Å². The van der Waals surface area contributed by atoms with Crippen LogP contribution in [0.1, 0.15) is 37.7 Å². The maximum Gasteiger partial charge on any atom is 0.416 e. The van der Waals surface area contributed by atoms with Crippen molar-refractivity contribution >= 4 is 17.5 Å². The molecule has 0 radical (unpaired) electrons. The molecule has 0 spiro atoms. The molecule has 2 N–H and O–H groups in total. The van der Waals surface area contributed by atoms with E-state index < -0.39 is 17.8 Å². The number of carbonyl (C=O) groups excluding carboxylic acids is 1. The first-order valence-corrected chi connectivity index (χ1v) is 9.45. The van der Waals surface area contributed by atoms with Gasteiger partial charge in [-0.1, -0.05) is 44.1 Å². The predicted octanol–water partition coefficient (Wildman–Crippen LogP) is 6.21. The number of rotatable bonds is 5. The number of anilines is 2. The maximum atomic E-state index is 13.1. The number of nitrogens with one attached hydrogen (secondary N) is 2. The van der Waals surface area contributed by atoms with Crippen molar-refractivity contribution in [3.63, 3.8) is 0 Å². The smallest absolute Gasteiger partial charge is 0.416 e. The van der Waals surface area contributed by atoms with Crippen LogP contribution in [-0.2, 0) is 18.2 Å². The third-order valence-corrected chi connectivity index (χ3v) is 4.32. The van der Waals surface area contributed by atoms with Crippen molar-refractivity contribution in [1.29, 1.82) is 0 Å². The lowest BCUT2D eigenvalue weighted by Gasteiger charge is -2.13. The SMILES string of the molecule is CC(C)(C)c1cc(NC(=O)Nc2ccc(OCc3ccccc3C(F)(F)F)cc2)no1. The molecular formula is C22H22F3N3O3. The fourth-order valence-electron chi connectivity index (χ4n) is 2.68. The van der Waals surface area contributed by atoms with Crippen molar-refractivity contribution in [2.75, 3.05) is 10.6 Å². The monoisotopic (exact) mass is 433 g/mol. The van der Waals surface area contributed by atoms with Crippen LogP contribution >= 0.6 is 0 Å². The van der Waals surface area contributed by atoms with Crippen molar-refractivity contribution in [3.05, 3.63) is 71.5 Å². The second kappa shape index (κ2) is 8.71. The van der Waals surface area contributed by atoms with Crippen LogP contribution in [0.3, 0.4) is 0 Å². The van der Waals surface area contributed by atoms with Crippen LogP contribution in [-0.4, -0.2) is 11.2 Å². The summed E-state index contributed by atoms with van der Waals surface area (Å²) in [5, 5.41) is 9.01. The quantitative estimate of drug-likeness (QED) is 0.501. The number of carbonyl (C=O) groups is 1. The van der Waals surface area contributed by atoms with Gasteiger partial charge in [-0.15, -0.1) is 0 Å². The number of alkyl halides is 3. The lowest BCUT2D eigenvalue weighted by molar-refractivity contribution is -0.138. The molecule has 0 saturated carbocycles. The number of benzene rings is 2. The first-order chi connectivity index (χ1) is 14.5. The average molecular weight is 433 g/mol. The van der Waals surface area contributed by atoms with E-state index in [-0.39, 0.29) is 23.4 Å². The van der Waals surface area contributed by atoms with Gasteiger partial charge in [0.1, 0.15) is 18.1 Å². The normalized spacial score (nSPS) is 11.8. The summed E-state index contributed by atoms with van der Waals surface area (Å²) in [4.78, 5) is 12.1. The summed E-state index contributed by atoms with van der Waals surface area (Å²) in [5.74, 6) is 1.29. The molecule has 6 nitrogen and oxygen atoms in total. The number of nitrogens with zero attached hydrogens (tertiary/aromatic N) is 1. The Kier molecular flexibility index (Phi) is 6.24. The number of halogens is 3. The van der Waals surface area contributed by atoms with Gasteiger partial charge in [0.2, 0.25) is 0 Å². The van der Waals surface area contributed by atoms with Crippen LogP contribution in [0, 0.1) is 0 Å². The van der Waals surface area contributed by atoms with Gasteiger partial charge in [-0.3, -0.25) is 5.32 Å². The molecule has 0 aliphatic rings. The van der Waals surface area contributed by atoms with Gasteiger partial charge in [-0.25, -0.2) is 4.79 Å². The van der Waals surface area contributed by atoms with Gasteiger partial charge in [-0.2, -0.15) is 13.2 Å². The standard InChI is InChI=1S/C22H22F3N3O3/c1-21(2,3)18-12-19(28-31-18)27-20(29)26-15-8-10-16(11-9-15)30-13-14-6-4-5-7-17(14)22(23,24)25/h4-12H,13H2,1-3H3,(H2,26,27,28,29). The summed E-state index contributed by atoms with van der Waals surface area (Å²) in [6.07, 6.45) is -4.45. The Bertz CT molecular complexity index is 1040.